The molecule has 0 spiro atoms. The molecule has 1 saturated carbocycles. The third kappa shape index (κ3) is 6.34. The van der Waals surface area contributed by atoms with Crippen molar-refractivity contribution in [1.29, 1.82) is 0 Å². The van der Waals surface area contributed by atoms with E-state index in [1.165, 1.54) is 37.8 Å². The van der Waals surface area contributed by atoms with Gasteiger partial charge < -0.3 is 15.1 Å². The summed E-state index contributed by atoms with van der Waals surface area (Å²) in [6.45, 7) is 4.32. The molecule has 8 heteroatoms. The summed E-state index contributed by atoms with van der Waals surface area (Å²) in [6.07, 6.45) is 8.72. The van der Waals surface area contributed by atoms with Crippen LogP contribution < -0.4 is 15.8 Å². The lowest BCUT2D eigenvalue weighted by Gasteiger charge is -2.28. The quantitative estimate of drug-likeness (QED) is 0.416. The maximum Gasteiger partial charge on any atom is 0.238 e. The molecule has 1 aromatic heterocycles. The fourth-order valence-corrected chi connectivity index (χ4v) is 4.46. The third-order valence-corrected chi connectivity index (χ3v) is 6.89. The van der Waals surface area contributed by atoms with Crippen LogP contribution in [0.1, 0.15) is 50.4 Å². The van der Waals surface area contributed by atoms with Gasteiger partial charge >= 0.3 is 0 Å². The molecule has 1 heterocycles. The van der Waals surface area contributed by atoms with E-state index in [4.69, 9.17) is 14.5 Å². The van der Waals surface area contributed by atoms with Crippen molar-refractivity contribution in [2.45, 2.75) is 56.9 Å². The molecule has 1 fully saturated rings. The van der Waals surface area contributed by atoms with Gasteiger partial charge in [-0.2, -0.15) is 0 Å². The Bertz CT molecular complexity index is 916. The Hall–Kier alpha value is -2.32. The zero-order valence-corrected chi connectivity index (χ0v) is 18.4. The van der Waals surface area contributed by atoms with E-state index in [0.717, 1.165) is 36.7 Å². The third-order valence-electron chi connectivity index (χ3n) is 5.96. The van der Waals surface area contributed by atoms with Crippen LogP contribution in [0.3, 0.4) is 0 Å². The molecule has 0 aliphatic heterocycles. The molecule has 1 aliphatic carbocycles. The predicted molar refractivity (Wildman–Crippen MR) is 119 cm³/mol. The van der Waals surface area contributed by atoms with E-state index in [9.17, 15) is 8.42 Å². The van der Waals surface area contributed by atoms with E-state index in [-0.39, 0.29) is 4.90 Å². The lowest BCUT2D eigenvalue weighted by atomic mass is 9.83. The van der Waals surface area contributed by atoms with Crippen molar-refractivity contribution in [2.75, 3.05) is 13.1 Å². The number of hydrogen-bond acceptors (Lipinski definition) is 4. The van der Waals surface area contributed by atoms with Gasteiger partial charge in [-0.1, -0.05) is 31.9 Å². The molecule has 0 radical (unpaired) electrons. The second kappa shape index (κ2) is 10.1. The van der Waals surface area contributed by atoms with E-state index in [0.29, 0.717) is 18.5 Å². The van der Waals surface area contributed by atoms with Gasteiger partial charge in [0.05, 0.1) is 17.7 Å². The number of nitrogens with two attached hydrogens (primary N) is 1. The van der Waals surface area contributed by atoms with E-state index < -0.39 is 10.0 Å². The van der Waals surface area contributed by atoms with Gasteiger partial charge in [0.1, 0.15) is 5.76 Å². The number of sulfonamides is 1. The minimum absolute atomic E-state index is 0.108. The highest BCUT2D eigenvalue weighted by Crippen LogP contribution is 2.40. The number of hydrogen-bond donors (Lipinski definition) is 3. The highest BCUT2D eigenvalue weighted by molar-refractivity contribution is 7.89. The van der Waals surface area contributed by atoms with Gasteiger partial charge in [0.2, 0.25) is 10.0 Å². The maximum atomic E-state index is 11.4. The van der Waals surface area contributed by atoms with E-state index in [2.05, 4.69) is 17.6 Å². The Morgan fingerprint density at radius 1 is 1.17 bits per heavy atom. The monoisotopic (exact) mass is 432 g/mol. The van der Waals surface area contributed by atoms with Crippen LogP contribution >= 0.6 is 0 Å². The number of nitrogens with zero attached hydrogens (tertiary/aromatic N) is 1. The number of rotatable bonds is 9. The first-order valence-electron chi connectivity index (χ1n) is 10.6. The Morgan fingerprint density at radius 3 is 2.50 bits per heavy atom. The molecule has 0 unspecified atom stereocenters. The topological polar surface area (TPSA) is 110 Å². The average Bonchev–Trinajstić information content (AvgIpc) is 3.42. The van der Waals surface area contributed by atoms with Crippen molar-refractivity contribution in [3.63, 3.8) is 0 Å². The zero-order valence-electron chi connectivity index (χ0n) is 17.6. The Morgan fingerprint density at radius 2 is 1.90 bits per heavy atom. The summed E-state index contributed by atoms with van der Waals surface area (Å²) in [4.78, 5) is 4.82. The number of aliphatic imine (C=N–C) groups is 1. The molecule has 0 bridgehead atoms. The smallest absolute Gasteiger partial charge is 0.238 e. The van der Waals surface area contributed by atoms with Gasteiger partial charge in [0.25, 0.3) is 0 Å². The normalized spacial score (nSPS) is 16.5. The second-order valence-electron chi connectivity index (χ2n) is 8.02. The molecular weight excluding hydrogens is 400 g/mol. The summed E-state index contributed by atoms with van der Waals surface area (Å²) in [5.41, 5.74) is 1.27. The first-order chi connectivity index (χ1) is 14.4. The number of furan rings is 1. The highest BCUT2D eigenvalue weighted by Gasteiger charge is 2.31. The molecule has 1 aliphatic rings. The number of benzene rings is 1. The minimum atomic E-state index is -3.68. The summed E-state index contributed by atoms with van der Waals surface area (Å²) in [6, 6.07) is 10.4. The van der Waals surface area contributed by atoms with E-state index >= 15 is 0 Å². The number of primary sulfonamides is 1. The molecular formula is C22H32N4O3S. The fraction of sp³-hybridized carbons (Fsp3) is 0.500. The molecule has 0 amide bonds. The molecule has 7 nitrogen and oxygen atoms in total. The lowest BCUT2D eigenvalue weighted by molar-refractivity contribution is 0.283. The Kier molecular flexibility index (Phi) is 7.55. The molecule has 4 N–H and O–H groups in total. The summed E-state index contributed by atoms with van der Waals surface area (Å²) in [5.74, 6) is 1.69. The predicted octanol–water partition coefficient (Wildman–Crippen LogP) is 3.18. The van der Waals surface area contributed by atoms with Crippen molar-refractivity contribution in [3.8, 4) is 0 Å². The number of nitrogens with one attached hydrogen (secondary N) is 2. The SMILES string of the molecule is CCC1(CNC(=NCc2ccc(S(N)(=O)=O)cc2)NCCc2ccco2)CCCC1. The summed E-state index contributed by atoms with van der Waals surface area (Å²) < 4.78 is 28.2. The van der Waals surface area contributed by atoms with Crippen molar-refractivity contribution < 1.29 is 12.8 Å². The van der Waals surface area contributed by atoms with Gasteiger partial charge in [0, 0.05) is 19.5 Å². The van der Waals surface area contributed by atoms with Crippen LogP contribution in [0.2, 0.25) is 0 Å². The van der Waals surface area contributed by atoms with Crippen LogP contribution in [0.4, 0.5) is 0 Å². The first-order valence-corrected chi connectivity index (χ1v) is 12.1. The van der Waals surface area contributed by atoms with Crippen LogP contribution in [-0.4, -0.2) is 27.5 Å². The van der Waals surface area contributed by atoms with Gasteiger partial charge in [-0.25, -0.2) is 18.5 Å². The average molecular weight is 433 g/mol. The van der Waals surface area contributed by atoms with Crippen LogP contribution in [0, 0.1) is 5.41 Å². The van der Waals surface area contributed by atoms with Crippen LogP contribution in [0.5, 0.6) is 0 Å². The lowest BCUT2D eigenvalue weighted by Crippen LogP contribution is -2.43. The maximum absolute atomic E-state index is 11.4. The summed E-state index contributed by atoms with van der Waals surface area (Å²) >= 11 is 0. The van der Waals surface area contributed by atoms with Crippen molar-refractivity contribution in [1.82, 2.24) is 10.6 Å². The molecule has 3 rings (SSSR count). The van der Waals surface area contributed by atoms with Crippen molar-refractivity contribution in [3.05, 3.63) is 54.0 Å². The molecule has 30 heavy (non-hydrogen) atoms. The largest absolute Gasteiger partial charge is 0.469 e. The van der Waals surface area contributed by atoms with Gasteiger partial charge in [0.15, 0.2) is 5.96 Å². The minimum Gasteiger partial charge on any atom is -0.469 e. The second-order valence-corrected chi connectivity index (χ2v) is 9.59. The van der Waals surface area contributed by atoms with Crippen LogP contribution in [0.25, 0.3) is 0 Å². The van der Waals surface area contributed by atoms with Crippen molar-refractivity contribution in [2.24, 2.45) is 15.5 Å². The number of guanidine groups is 1. The first kappa shape index (κ1) is 22.4. The van der Waals surface area contributed by atoms with Gasteiger partial charge in [-0.3, -0.25) is 0 Å². The molecule has 2 aromatic rings. The molecule has 0 atom stereocenters. The fourth-order valence-electron chi connectivity index (χ4n) is 3.94. The van der Waals surface area contributed by atoms with Crippen molar-refractivity contribution >= 4 is 16.0 Å². The Balaban J connectivity index is 1.63. The molecule has 1 aromatic carbocycles. The highest BCUT2D eigenvalue weighted by atomic mass is 32.2. The van der Waals surface area contributed by atoms with Crippen LogP contribution in [0.15, 0.2) is 57.0 Å². The summed E-state index contributed by atoms with van der Waals surface area (Å²) in [5, 5.41) is 12.1. The van der Waals surface area contributed by atoms with E-state index in [1.54, 1.807) is 18.4 Å². The van der Waals surface area contributed by atoms with Crippen LogP contribution in [-0.2, 0) is 23.0 Å². The molecule has 164 valence electrons. The molecule has 0 saturated heterocycles. The summed E-state index contributed by atoms with van der Waals surface area (Å²) in [7, 11) is -3.68. The van der Waals surface area contributed by atoms with E-state index in [1.807, 2.05) is 12.1 Å². The van der Waals surface area contributed by atoms with Gasteiger partial charge in [-0.05, 0) is 54.5 Å². The van der Waals surface area contributed by atoms with Gasteiger partial charge in [-0.15, -0.1) is 0 Å². The Labute approximate surface area is 179 Å². The standard InChI is InChI=1S/C22H32N4O3S/c1-2-22(12-3-4-13-22)17-26-21(24-14-11-19-6-5-15-29-19)25-16-18-7-9-20(10-8-18)30(23,27)28/h5-10,15H,2-4,11-14,16-17H2,1H3,(H2,23,27,28)(H2,24,25,26). The zero-order chi connectivity index (χ0) is 21.5.